The highest BCUT2D eigenvalue weighted by Gasteiger charge is 2.29. The lowest BCUT2D eigenvalue weighted by Gasteiger charge is -2.23. The molecule has 1 aromatic rings. The number of nitrogens with one attached hydrogen (secondary N) is 2. The van der Waals surface area contributed by atoms with Crippen molar-refractivity contribution in [2.75, 3.05) is 13.6 Å². The minimum absolute atomic E-state index is 0.207. The number of pyridine rings is 1. The van der Waals surface area contributed by atoms with Crippen molar-refractivity contribution in [1.29, 1.82) is 0 Å². The van der Waals surface area contributed by atoms with Gasteiger partial charge < -0.3 is 4.90 Å². The standard InChI is InChI=1S/C16H26N4O/c1-12-15(13(2)19-18-12)8-10-20(3)16(21)7-6-14-5-4-9-17-11-14/h4-5,9,11-13,15,18-19H,6-8,10H2,1-3H3. The first-order valence-corrected chi connectivity index (χ1v) is 7.72. The summed E-state index contributed by atoms with van der Waals surface area (Å²) in [7, 11) is 1.90. The fourth-order valence-corrected chi connectivity index (χ4v) is 2.87. The molecule has 0 spiro atoms. The Hall–Kier alpha value is -1.46. The summed E-state index contributed by atoms with van der Waals surface area (Å²) in [6, 6.07) is 4.84. The fraction of sp³-hybridized carbons (Fsp3) is 0.625. The molecule has 1 aliphatic rings. The van der Waals surface area contributed by atoms with Crippen LogP contribution in [0.3, 0.4) is 0 Å². The van der Waals surface area contributed by atoms with Gasteiger partial charge in [-0.2, -0.15) is 0 Å². The van der Waals surface area contributed by atoms with Gasteiger partial charge in [-0.25, -0.2) is 0 Å². The third-order valence-electron chi connectivity index (χ3n) is 4.40. The lowest BCUT2D eigenvalue weighted by Crippen LogP contribution is -2.32. The Bertz CT molecular complexity index is 441. The van der Waals surface area contributed by atoms with Gasteiger partial charge in [-0.15, -0.1) is 0 Å². The van der Waals surface area contributed by atoms with Crippen LogP contribution in [0.15, 0.2) is 24.5 Å². The first-order chi connectivity index (χ1) is 10.1. The van der Waals surface area contributed by atoms with E-state index in [-0.39, 0.29) is 5.91 Å². The molecule has 1 aromatic heterocycles. The minimum atomic E-state index is 0.207. The third-order valence-corrected chi connectivity index (χ3v) is 4.40. The summed E-state index contributed by atoms with van der Waals surface area (Å²) in [5.74, 6) is 0.775. The molecular weight excluding hydrogens is 264 g/mol. The van der Waals surface area contributed by atoms with Crippen molar-refractivity contribution in [1.82, 2.24) is 20.7 Å². The van der Waals surface area contributed by atoms with Gasteiger partial charge in [-0.05, 0) is 44.2 Å². The molecule has 0 radical (unpaired) electrons. The number of carbonyl (C=O) groups is 1. The van der Waals surface area contributed by atoms with Crippen molar-refractivity contribution < 1.29 is 4.79 Å². The number of hydrogen-bond donors (Lipinski definition) is 2. The zero-order valence-corrected chi connectivity index (χ0v) is 13.2. The van der Waals surface area contributed by atoms with E-state index in [0.29, 0.717) is 24.4 Å². The minimum Gasteiger partial charge on any atom is -0.346 e. The molecule has 0 aliphatic carbocycles. The number of nitrogens with zero attached hydrogens (tertiary/aromatic N) is 2. The van der Waals surface area contributed by atoms with Gasteiger partial charge >= 0.3 is 0 Å². The quantitative estimate of drug-likeness (QED) is 0.831. The molecule has 5 heteroatoms. The molecule has 116 valence electrons. The van der Waals surface area contributed by atoms with Crippen LogP contribution in [-0.4, -0.2) is 41.5 Å². The van der Waals surface area contributed by atoms with E-state index in [1.807, 2.05) is 30.3 Å². The maximum Gasteiger partial charge on any atom is 0.222 e. The van der Waals surface area contributed by atoms with E-state index in [0.717, 1.165) is 24.9 Å². The first-order valence-electron chi connectivity index (χ1n) is 7.72. The number of carbonyl (C=O) groups excluding carboxylic acids is 1. The smallest absolute Gasteiger partial charge is 0.222 e. The second-order valence-corrected chi connectivity index (χ2v) is 6.00. The Morgan fingerprint density at radius 1 is 1.33 bits per heavy atom. The molecule has 2 atom stereocenters. The summed E-state index contributed by atoms with van der Waals surface area (Å²) in [6.45, 7) is 5.19. The Morgan fingerprint density at radius 2 is 2.05 bits per heavy atom. The van der Waals surface area contributed by atoms with Gasteiger partial charge in [0.15, 0.2) is 0 Å². The lowest BCUT2D eigenvalue weighted by molar-refractivity contribution is -0.130. The second kappa shape index (κ2) is 7.52. The summed E-state index contributed by atoms with van der Waals surface area (Å²) < 4.78 is 0. The average molecular weight is 290 g/mol. The van der Waals surface area contributed by atoms with E-state index >= 15 is 0 Å². The topological polar surface area (TPSA) is 57.3 Å². The van der Waals surface area contributed by atoms with E-state index in [2.05, 4.69) is 29.7 Å². The van der Waals surface area contributed by atoms with Crippen LogP contribution in [0.4, 0.5) is 0 Å². The van der Waals surface area contributed by atoms with Crippen molar-refractivity contribution >= 4 is 5.91 Å². The zero-order valence-electron chi connectivity index (χ0n) is 13.2. The van der Waals surface area contributed by atoms with E-state index < -0.39 is 0 Å². The number of hydrogen-bond acceptors (Lipinski definition) is 4. The molecule has 21 heavy (non-hydrogen) atoms. The van der Waals surface area contributed by atoms with Gasteiger partial charge in [-0.3, -0.25) is 20.6 Å². The van der Waals surface area contributed by atoms with Gasteiger partial charge in [0.2, 0.25) is 5.91 Å². The fourth-order valence-electron chi connectivity index (χ4n) is 2.87. The highest BCUT2D eigenvalue weighted by Crippen LogP contribution is 2.18. The average Bonchev–Trinajstić information content (AvgIpc) is 2.82. The molecule has 1 saturated heterocycles. The molecule has 1 aliphatic heterocycles. The van der Waals surface area contributed by atoms with Gasteiger partial charge in [0.25, 0.3) is 0 Å². The summed E-state index contributed by atoms with van der Waals surface area (Å²) >= 11 is 0. The van der Waals surface area contributed by atoms with Crippen LogP contribution < -0.4 is 10.9 Å². The Morgan fingerprint density at radius 3 is 2.67 bits per heavy atom. The molecule has 2 rings (SSSR count). The van der Waals surface area contributed by atoms with Crippen LogP contribution in [0, 0.1) is 5.92 Å². The molecule has 1 fully saturated rings. The zero-order chi connectivity index (χ0) is 15.2. The van der Waals surface area contributed by atoms with Crippen LogP contribution in [0.25, 0.3) is 0 Å². The highest BCUT2D eigenvalue weighted by molar-refractivity contribution is 5.76. The molecule has 0 saturated carbocycles. The number of hydrazine groups is 1. The van der Waals surface area contributed by atoms with E-state index in [4.69, 9.17) is 0 Å². The van der Waals surface area contributed by atoms with E-state index in [1.165, 1.54) is 0 Å². The lowest BCUT2D eigenvalue weighted by atomic mass is 9.93. The van der Waals surface area contributed by atoms with Gasteiger partial charge in [-0.1, -0.05) is 6.07 Å². The van der Waals surface area contributed by atoms with Crippen LogP contribution in [-0.2, 0) is 11.2 Å². The van der Waals surface area contributed by atoms with Crippen LogP contribution in [0.1, 0.15) is 32.3 Å². The van der Waals surface area contributed by atoms with E-state index in [9.17, 15) is 4.79 Å². The summed E-state index contributed by atoms with van der Waals surface area (Å²) in [5, 5.41) is 0. The second-order valence-electron chi connectivity index (χ2n) is 6.00. The molecule has 2 heterocycles. The highest BCUT2D eigenvalue weighted by atomic mass is 16.2. The third kappa shape index (κ3) is 4.51. The first kappa shape index (κ1) is 15.9. The SMILES string of the molecule is CC1NNC(C)C1CCN(C)C(=O)CCc1cccnc1. The number of aromatic nitrogens is 1. The van der Waals surface area contributed by atoms with E-state index in [1.54, 1.807) is 6.20 Å². The Balaban J connectivity index is 1.72. The van der Waals surface area contributed by atoms with Crippen LogP contribution in [0.2, 0.25) is 0 Å². The maximum absolute atomic E-state index is 12.2. The Kier molecular flexibility index (Phi) is 5.70. The van der Waals surface area contributed by atoms with Crippen molar-refractivity contribution in [3.8, 4) is 0 Å². The monoisotopic (exact) mass is 290 g/mol. The molecule has 5 nitrogen and oxygen atoms in total. The Labute approximate surface area is 127 Å². The largest absolute Gasteiger partial charge is 0.346 e. The molecule has 1 amide bonds. The van der Waals surface area contributed by atoms with Gasteiger partial charge in [0, 0.05) is 44.5 Å². The van der Waals surface area contributed by atoms with Crippen molar-refractivity contribution in [3.05, 3.63) is 30.1 Å². The van der Waals surface area contributed by atoms with Crippen molar-refractivity contribution in [2.45, 2.75) is 45.2 Å². The summed E-state index contributed by atoms with van der Waals surface area (Å²) in [5.41, 5.74) is 7.63. The van der Waals surface area contributed by atoms with Crippen LogP contribution in [0.5, 0.6) is 0 Å². The number of amides is 1. The summed E-state index contributed by atoms with van der Waals surface area (Å²) in [4.78, 5) is 18.1. The van der Waals surface area contributed by atoms with Gasteiger partial charge in [0.05, 0.1) is 0 Å². The molecule has 2 unspecified atom stereocenters. The molecule has 0 bridgehead atoms. The molecular formula is C16H26N4O. The molecule has 0 aromatic carbocycles. The van der Waals surface area contributed by atoms with Crippen molar-refractivity contribution in [2.24, 2.45) is 5.92 Å². The van der Waals surface area contributed by atoms with Crippen LogP contribution >= 0.6 is 0 Å². The number of aryl methyl sites for hydroxylation is 1. The molecule has 2 N–H and O–H groups in total. The predicted octanol–water partition coefficient (Wildman–Crippen LogP) is 1.36. The normalized spacial score (nSPS) is 25.0. The summed E-state index contributed by atoms with van der Waals surface area (Å²) in [6.07, 6.45) is 5.91. The van der Waals surface area contributed by atoms with Crippen molar-refractivity contribution in [3.63, 3.8) is 0 Å². The maximum atomic E-state index is 12.2. The number of rotatable bonds is 6. The van der Waals surface area contributed by atoms with Gasteiger partial charge in [0.1, 0.15) is 0 Å². The predicted molar refractivity (Wildman–Crippen MR) is 83.5 cm³/mol.